The summed E-state index contributed by atoms with van der Waals surface area (Å²) < 4.78 is 0. The predicted molar refractivity (Wildman–Crippen MR) is 62.5 cm³/mol. The molecule has 0 aliphatic carbocycles. The molecule has 82 valence electrons. The van der Waals surface area contributed by atoms with Gasteiger partial charge in [0.2, 0.25) is 0 Å². The molecule has 0 aromatic carbocycles. The Balaban J connectivity index is 2.14. The molecule has 0 aromatic rings. The molecule has 0 saturated carbocycles. The summed E-state index contributed by atoms with van der Waals surface area (Å²) in [7, 11) is 0. The highest BCUT2D eigenvalue weighted by Gasteiger charge is 2.13. The summed E-state index contributed by atoms with van der Waals surface area (Å²) in [6.07, 6.45) is 7.05. The van der Waals surface area contributed by atoms with E-state index in [1.165, 1.54) is 19.4 Å². The van der Waals surface area contributed by atoms with Gasteiger partial charge in [-0.2, -0.15) is 0 Å². The fourth-order valence-electron chi connectivity index (χ4n) is 1.82. The zero-order valence-electron chi connectivity index (χ0n) is 9.79. The second-order valence-electron chi connectivity index (χ2n) is 4.50. The highest BCUT2D eigenvalue weighted by molar-refractivity contribution is 4.92. The van der Waals surface area contributed by atoms with Crippen LogP contribution < -0.4 is 5.32 Å². The van der Waals surface area contributed by atoms with Crippen LogP contribution in [0, 0.1) is 0 Å². The molecule has 0 radical (unpaired) electrons. The molecule has 0 spiro atoms. The molecule has 1 N–H and O–H groups in total. The largest absolute Gasteiger partial charge is 0.314 e. The molecular formula is C12H24N2. The van der Waals surface area contributed by atoms with Gasteiger partial charge >= 0.3 is 0 Å². The maximum atomic E-state index is 3.47. The highest BCUT2D eigenvalue weighted by atomic mass is 15.1. The molecule has 0 saturated heterocycles. The van der Waals surface area contributed by atoms with Crippen LogP contribution in [0.5, 0.6) is 0 Å². The Morgan fingerprint density at radius 3 is 2.64 bits per heavy atom. The van der Waals surface area contributed by atoms with Crippen molar-refractivity contribution in [2.24, 2.45) is 0 Å². The van der Waals surface area contributed by atoms with Crippen molar-refractivity contribution < 1.29 is 0 Å². The summed E-state index contributed by atoms with van der Waals surface area (Å²) in [5.41, 5.74) is 0. The van der Waals surface area contributed by atoms with Crippen LogP contribution in [0.15, 0.2) is 12.2 Å². The van der Waals surface area contributed by atoms with Gasteiger partial charge in [0.05, 0.1) is 0 Å². The van der Waals surface area contributed by atoms with Gasteiger partial charge < -0.3 is 5.32 Å². The highest BCUT2D eigenvalue weighted by Crippen LogP contribution is 2.08. The Bertz CT molecular complexity index is 175. The number of nitrogens with one attached hydrogen (secondary N) is 1. The van der Waals surface area contributed by atoms with E-state index in [0.29, 0.717) is 12.1 Å². The van der Waals surface area contributed by atoms with E-state index in [4.69, 9.17) is 0 Å². The lowest BCUT2D eigenvalue weighted by atomic mass is 10.1. The van der Waals surface area contributed by atoms with E-state index in [-0.39, 0.29) is 0 Å². The van der Waals surface area contributed by atoms with Crippen molar-refractivity contribution in [3.05, 3.63) is 12.2 Å². The molecule has 0 aromatic heterocycles. The minimum atomic E-state index is 0.614. The van der Waals surface area contributed by atoms with Gasteiger partial charge in [-0.1, -0.05) is 26.0 Å². The second kappa shape index (κ2) is 6.20. The van der Waals surface area contributed by atoms with E-state index in [0.717, 1.165) is 13.1 Å². The first-order chi connectivity index (χ1) is 6.70. The molecule has 2 nitrogen and oxygen atoms in total. The van der Waals surface area contributed by atoms with Gasteiger partial charge in [0.15, 0.2) is 0 Å². The third kappa shape index (κ3) is 4.25. The van der Waals surface area contributed by atoms with Crippen molar-refractivity contribution in [2.75, 3.05) is 19.6 Å². The monoisotopic (exact) mass is 196 g/mol. The summed E-state index contributed by atoms with van der Waals surface area (Å²) in [6, 6.07) is 1.33. The van der Waals surface area contributed by atoms with E-state index in [1.54, 1.807) is 0 Å². The van der Waals surface area contributed by atoms with Crippen LogP contribution in [-0.2, 0) is 0 Å². The number of hydrogen-bond acceptors (Lipinski definition) is 2. The third-order valence-electron chi connectivity index (χ3n) is 2.83. The van der Waals surface area contributed by atoms with Crippen molar-refractivity contribution in [1.82, 2.24) is 10.2 Å². The first-order valence-electron chi connectivity index (χ1n) is 5.82. The Morgan fingerprint density at radius 2 is 2.07 bits per heavy atom. The number of nitrogens with zero attached hydrogens (tertiary/aromatic N) is 1. The van der Waals surface area contributed by atoms with Crippen LogP contribution in [0.1, 0.15) is 33.6 Å². The van der Waals surface area contributed by atoms with Crippen LogP contribution >= 0.6 is 0 Å². The minimum Gasteiger partial charge on any atom is -0.314 e. The van der Waals surface area contributed by atoms with E-state index in [9.17, 15) is 0 Å². The van der Waals surface area contributed by atoms with Gasteiger partial charge in [-0.05, 0) is 26.3 Å². The van der Waals surface area contributed by atoms with E-state index < -0.39 is 0 Å². The molecule has 1 aliphatic rings. The Labute approximate surface area is 88.4 Å². The standard InChI is InChI=1S/C12H24N2/c1-11(2)13-8-7-12(3)14-9-5-4-6-10-14/h4-5,11-13H,6-10H2,1-3H3. The van der Waals surface area contributed by atoms with Crippen LogP contribution in [0.2, 0.25) is 0 Å². The van der Waals surface area contributed by atoms with Crippen molar-refractivity contribution in [1.29, 1.82) is 0 Å². The third-order valence-corrected chi connectivity index (χ3v) is 2.83. The molecule has 0 fully saturated rings. The quantitative estimate of drug-likeness (QED) is 0.677. The summed E-state index contributed by atoms with van der Waals surface area (Å²) >= 11 is 0. The first kappa shape index (κ1) is 11.7. The lowest BCUT2D eigenvalue weighted by Gasteiger charge is -2.30. The average Bonchev–Trinajstić information content (AvgIpc) is 2.18. The summed E-state index contributed by atoms with van der Waals surface area (Å²) in [4.78, 5) is 2.56. The molecular weight excluding hydrogens is 172 g/mol. The minimum absolute atomic E-state index is 0.614. The SMILES string of the molecule is CC(C)NCCC(C)N1CC=CCC1. The molecule has 0 bridgehead atoms. The van der Waals surface area contributed by atoms with Crippen molar-refractivity contribution in [3.8, 4) is 0 Å². The lowest BCUT2D eigenvalue weighted by Crippen LogP contribution is -2.38. The van der Waals surface area contributed by atoms with Crippen LogP contribution in [0.4, 0.5) is 0 Å². The average molecular weight is 196 g/mol. The maximum absolute atomic E-state index is 3.47. The lowest BCUT2D eigenvalue weighted by molar-refractivity contribution is 0.216. The Morgan fingerprint density at radius 1 is 1.29 bits per heavy atom. The molecule has 1 atom stereocenters. The van der Waals surface area contributed by atoms with Gasteiger partial charge in [0.1, 0.15) is 0 Å². The van der Waals surface area contributed by atoms with Crippen LogP contribution in [-0.4, -0.2) is 36.6 Å². The molecule has 2 heteroatoms. The van der Waals surface area contributed by atoms with Gasteiger partial charge in [-0.25, -0.2) is 0 Å². The van der Waals surface area contributed by atoms with Gasteiger partial charge in [-0.15, -0.1) is 0 Å². The Hall–Kier alpha value is -0.340. The zero-order chi connectivity index (χ0) is 10.4. The van der Waals surface area contributed by atoms with Gasteiger partial charge in [0.25, 0.3) is 0 Å². The van der Waals surface area contributed by atoms with E-state index in [1.807, 2.05) is 0 Å². The predicted octanol–water partition coefficient (Wildman–Crippen LogP) is 2.02. The normalized spacial score (nSPS) is 20.3. The van der Waals surface area contributed by atoms with Crippen LogP contribution in [0.25, 0.3) is 0 Å². The van der Waals surface area contributed by atoms with Crippen LogP contribution in [0.3, 0.4) is 0 Å². The molecule has 14 heavy (non-hydrogen) atoms. The first-order valence-corrected chi connectivity index (χ1v) is 5.82. The number of rotatable bonds is 5. The molecule has 1 unspecified atom stereocenters. The van der Waals surface area contributed by atoms with E-state index >= 15 is 0 Å². The zero-order valence-corrected chi connectivity index (χ0v) is 9.79. The molecule has 0 amide bonds. The smallest absolute Gasteiger partial charge is 0.0166 e. The summed E-state index contributed by atoms with van der Waals surface area (Å²) in [5, 5.41) is 3.47. The van der Waals surface area contributed by atoms with Crippen molar-refractivity contribution in [2.45, 2.75) is 45.7 Å². The molecule has 1 aliphatic heterocycles. The second-order valence-corrected chi connectivity index (χ2v) is 4.50. The van der Waals surface area contributed by atoms with Gasteiger partial charge in [0, 0.05) is 25.2 Å². The Kier molecular flexibility index (Phi) is 5.20. The number of hydrogen-bond donors (Lipinski definition) is 1. The summed E-state index contributed by atoms with van der Waals surface area (Å²) in [5.74, 6) is 0. The summed E-state index contributed by atoms with van der Waals surface area (Å²) in [6.45, 7) is 10.3. The maximum Gasteiger partial charge on any atom is 0.0166 e. The fraction of sp³-hybridized carbons (Fsp3) is 0.833. The van der Waals surface area contributed by atoms with Crippen molar-refractivity contribution >= 4 is 0 Å². The van der Waals surface area contributed by atoms with Gasteiger partial charge in [-0.3, -0.25) is 4.90 Å². The topological polar surface area (TPSA) is 15.3 Å². The van der Waals surface area contributed by atoms with Crippen molar-refractivity contribution in [3.63, 3.8) is 0 Å². The molecule has 1 rings (SSSR count). The fourth-order valence-corrected chi connectivity index (χ4v) is 1.82. The van der Waals surface area contributed by atoms with E-state index in [2.05, 4.69) is 43.1 Å². The molecule has 1 heterocycles.